The number of nitrogen functional groups attached to an aromatic ring is 1. The fourth-order valence-electron chi connectivity index (χ4n) is 3.47. The first-order valence-electron chi connectivity index (χ1n) is 10.3. The molecule has 0 spiro atoms. The number of hydrogen-bond acceptors (Lipinski definition) is 6. The van der Waals surface area contributed by atoms with Gasteiger partial charge in [-0.05, 0) is 75.5 Å². The molecule has 4 rings (SSSR count). The zero-order valence-electron chi connectivity index (χ0n) is 18.1. The summed E-state index contributed by atoms with van der Waals surface area (Å²) in [6.07, 6.45) is 3.86. The van der Waals surface area contributed by atoms with Gasteiger partial charge >= 0.3 is 0 Å². The highest BCUT2D eigenvalue weighted by Gasteiger charge is 2.17. The number of nitrogens with zero attached hydrogens (tertiary/aromatic N) is 6. The van der Waals surface area contributed by atoms with Crippen LogP contribution in [0.25, 0.3) is 11.4 Å². The predicted octanol–water partition coefficient (Wildman–Crippen LogP) is 4.78. The molecular weight excluding hydrogens is 557 g/mol. The van der Waals surface area contributed by atoms with Gasteiger partial charge in [0.05, 0.1) is 19.3 Å². The van der Waals surface area contributed by atoms with Gasteiger partial charge < -0.3 is 10.5 Å². The van der Waals surface area contributed by atoms with Crippen molar-refractivity contribution in [2.24, 2.45) is 0 Å². The van der Waals surface area contributed by atoms with Crippen molar-refractivity contribution in [3.63, 3.8) is 0 Å². The Labute approximate surface area is 207 Å². The van der Waals surface area contributed by atoms with Crippen molar-refractivity contribution in [2.45, 2.75) is 33.4 Å². The van der Waals surface area contributed by atoms with Crippen LogP contribution in [0, 0.1) is 12.7 Å². The van der Waals surface area contributed by atoms with Gasteiger partial charge in [0.15, 0.2) is 17.4 Å². The number of aromatic nitrogens is 6. The molecule has 0 fully saturated rings. The third-order valence-electron chi connectivity index (χ3n) is 5.03. The molecule has 8 nitrogen and oxygen atoms in total. The standard InChI is InChI=1S/C22H22Br2FN7O/c1-3-31-20(24)15(10-28-31)12-32-22(29-13(2)30-32)18-5-4-17(25)8-14(18)6-7-33-19-9-16(23)11-27-21(19)26/h4-5,8-11H,3,6-7,12H2,1-2H3,(H2,26,27). The summed E-state index contributed by atoms with van der Waals surface area (Å²) in [6.45, 7) is 5.38. The summed E-state index contributed by atoms with van der Waals surface area (Å²) in [5.74, 6) is 1.73. The number of nitrogens with two attached hydrogens (primary N) is 1. The van der Waals surface area contributed by atoms with Gasteiger partial charge in [0, 0.05) is 34.8 Å². The third-order valence-corrected chi connectivity index (χ3v) is 6.38. The first-order chi connectivity index (χ1) is 15.9. The Morgan fingerprint density at radius 2 is 1.94 bits per heavy atom. The van der Waals surface area contributed by atoms with E-state index in [1.54, 1.807) is 18.3 Å². The van der Waals surface area contributed by atoms with E-state index in [9.17, 15) is 4.39 Å². The van der Waals surface area contributed by atoms with Gasteiger partial charge in [0.2, 0.25) is 0 Å². The van der Waals surface area contributed by atoms with Gasteiger partial charge in [0.25, 0.3) is 0 Å². The highest BCUT2D eigenvalue weighted by Crippen LogP contribution is 2.27. The van der Waals surface area contributed by atoms with E-state index in [4.69, 9.17) is 10.5 Å². The van der Waals surface area contributed by atoms with Crippen LogP contribution in [0.2, 0.25) is 0 Å². The number of anilines is 1. The molecule has 0 aliphatic carbocycles. The monoisotopic (exact) mass is 577 g/mol. The SMILES string of the molecule is CCn1ncc(Cn2nc(C)nc2-c2ccc(F)cc2CCOc2cc(Br)cnc2N)c1Br. The molecule has 0 aliphatic heterocycles. The Morgan fingerprint density at radius 1 is 1.12 bits per heavy atom. The largest absolute Gasteiger partial charge is 0.489 e. The van der Waals surface area contributed by atoms with E-state index >= 15 is 0 Å². The van der Waals surface area contributed by atoms with E-state index in [2.05, 4.69) is 52.0 Å². The van der Waals surface area contributed by atoms with Crippen LogP contribution in [0.5, 0.6) is 5.75 Å². The molecule has 0 unspecified atom stereocenters. The van der Waals surface area contributed by atoms with E-state index in [0.717, 1.165) is 32.3 Å². The summed E-state index contributed by atoms with van der Waals surface area (Å²) in [5.41, 5.74) is 8.41. The second kappa shape index (κ2) is 10.0. The van der Waals surface area contributed by atoms with E-state index < -0.39 is 0 Å². The molecule has 0 radical (unpaired) electrons. The van der Waals surface area contributed by atoms with Crippen LogP contribution in [-0.4, -0.2) is 36.1 Å². The van der Waals surface area contributed by atoms with Crippen molar-refractivity contribution in [1.29, 1.82) is 0 Å². The van der Waals surface area contributed by atoms with Crippen molar-refractivity contribution in [1.82, 2.24) is 29.5 Å². The quantitative estimate of drug-likeness (QED) is 0.323. The lowest BCUT2D eigenvalue weighted by molar-refractivity contribution is 0.322. The smallest absolute Gasteiger partial charge is 0.166 e. The molecule has 11 heteroatoms. The average molecular weight is 579 g/mol. The van der Waals surface area contributed by atoms with Gasteiger partial charge in [-0.15, -0.1) is 0 Å². The molecule has 0 aliphatic rings. The van der Waals surface area contributed by atoms with Crippen molar-refractivity contribution < 1.29 is 9.13 Å². The Hall–Kier alpha value is -2.79. The van der Waals surface area contributed by atoms with Gasteiger partial charge in [-0.2, -0.15) is 10.2 Å². The number of pyridine rings is 1. The predicted molar refractivity (Wildman–Crippen MR) is 130 cm³/mol. The molecule has 0 atom stereocenters. The first kappa shape index (κ1) is 23.4. The van der Waals surface area contributed by atoms with Crippen LogP contribution < -0.4 is 10.5 Å². The molecule has 1 aromatic carbocycles. The number of rotatable bonds is 8. The normalized spacial score (nSPS) is 11.2. The number of ether oxygens (including phenoxy) is 1. The number of hydrogen-bond donors (Lipinski definition) is 1. The zero-order chi connectivity index (χ0) is 23.5. The maximum atomic E-state index is 14.1. The second-order valence-corrected chi connectivity index (χ2v) is 9.02. The van der Waals surface area contributed by atoms with Crippen LogP contribution in [0.15, 0.2) is 45.7 Å². The highest BCUT2D eigenvalue weighted by atomic mass is 79.9. The molecule has 3 aromatic heterocycles. The summed E-state index contributed by atoms with van der Waals surface area (Å²) in [6, 6.07) is 6.41. The fraction of sp³-hybridized carbons (Fsp3) is 0.273. The third kappa shape index (κ3) is 5.25. The van der Waals surface area contributed by atoms with Crippen molar-refractivity contribution in [3.8, 4) is 17.1 Å². The lowest BCUT2D eigenvalue weighted by Gasteiger charge is -2.13. The van der Waals surface area contributed by atoms with Crippen LogP contribution in [0.1, 0.15) is 23.9 Å². The van der Waals surface area contributed by atoms with Crippen LogP contribution >= 0.6 is 31.9 Å². The maximum absolute atomic E-state index is 14.1. The summed E-state index contributed by atoms with van der Waals surface area (Å²) >= 11 is 6.96. The average Bonchev–Trinajstić information content (AvgIpc) is 3.32. The Bertz CT molecular complexity index is 1290. The Morgan fingerprint density at radius 3 is 2.70 bits per heavy atom. The van der Waals surface area contributed by atoms with Gasteiger partial charge in [0.1, 0.15) is 16.2 Å². The van der Waals surface area contributed by atoms with Crippen molar-refractivity contribution in [3.05, 3.63) is 68.5 Å². The topological polar surface area (TPSA) is 96.7 Å². The minimum absolute atomic E-state index is 0.292. The number of halogens is 3. The van der Waals surface area contributed by atoms with E-state index in [-0.39, 0.29) is 5.82 Å². The summed E-state index contributed by atoms with van der Waals surface area (Å²) in [4.78, 5) is 8.69. The van der Waals surface area contributed by atoms with Crippen LogP contribution in [-0.2, 0) is 19.5 Å². The van der Waals surface area contributed by atoms with Crippen LogP contribution in [0.4, 0.5) is 10.2 Å². The van der Waals surface area contributed by atoms with E-state index in [1.165, 1.54) is 12.1 Å². The van der Waals surface area contributed by atoms with Gasteiger partial charge in [-0.3, -0.25) is 4.68 Å². The minimum atomic E-state index is -0.327. The molecule has 0 saturated carbocycles. The number of aryl methyl sites for hydroxylation is 2. The van der Waals surface area contributed by atoms with Crippen LogP contribution in [0.3, 0.4) is 0 Å². The van der Waals surface area contributed by atoms with E-state index in [0.29, 0.717) is 42.8 Å². The molecular formula is C22H22Br2FN7O. The van der Waals surface area contributed by atoms with E-state index in [1.807, 2.05) is 29.4 Å². The molecule has 0 amide bonds. The molecule has 2 N–H and O–H groups in total. The first-order valence-corrected chi connectivity index (χ1v) is 11.9. The lowest BCUT2D eigenvalue weighted by atomic mass is 10.0. The number of benzene rings is 1. The maximum Gasteiger partial charge on any atom is 0.166 e. The Balaban J connectivity index is 1.61. The highest BCUT2D eigenvalue weighted by molar-refractivity contribution is 9.10. The molecule has 33 heavy (non-hydrogen) atoms. The van der Waals surface area contributed by atoms with Crippen molar-refractivity contribution in [2.75, 3.05) is 12.3 Å². The second-order valence-electron chi connectivity index (χ2n) is 7.35. The summed E-state index contributed by atoms with van der Waals surface area (Å²) < 4.78 is 25.3. The summed E-state index contributed by atoms with van der Waals surface area (Å²) in [5, 5.41) is 8.94. The summed E-state index contributed by atoms with van der Waals surface area (Å²) in [7, 11) is 0. The van der Waals surface area contributed by atoms with Gasteiger partial charge in [-0.25, -0.2) is 19.0 Å². The van der Waals surface area contributed by atoms with Crippen molar-refractivity contribution >= 4 is 37.7 Å². The lowest BCUT2D eigenvalue weighted by Crippen LogP contribution is -2.09. The molecule has 0 saturated heterocycles. The van der Waals surface area contributed by atoms with Gasteiger partial charge in [-0.1, -0.05) is 0 Å². The Kier molecular flexibility index (Phi) is 7.08. The minimum Gasteiger partial charge on any atom is -0.489 e. The zero-order valence-corrected chi connectivity index (χ0v) is 21.3. The molecule has 4 aromatic rings. The fourth-order valence-corrected chi connectivity index (χ4v) is 4.35. The molecule has 3 heterocycles. The molecule has 172 valence electrons. The molecule has 0 bridgehead atoms.